The van der Waals surface area contributed by atoms with Crippen molar-refractivity contribution in [1.29, 1.82) is 0 Å². The van der Waals surface area contributed by atoms with Crippen LogP contribution in [0.15, 0.2) is 4.52 Å². The molecule has 0 aliphatic carbocycles. The van der Waals surface area contributed by atoms with Gasteiger partial charge in [0.1, 0.15) is 0 Å². The lowest BCUT2D eigenvalue weighted by atomic mass is 10.3. The van der Waals surface area contributed by atoms with E-state index in [1.807, 2.05) is 6.92 Å². The average Bonchev–Trinajstić information content (AvgIpc) is 2.70. The third-order valence-electron chi connectivity index (χ3n) is 3.26. The van der Waals surface area contributed by atoms with E-state index in [4.69, 9.17) is 4.52 Å². The molecule has 1 aromatic heterocycles. The Kier molecular flexibility index (Phi) is 4.98. The molecule has 0 N–H and O–H groups in total. The van der Waals surface area contributed by atoms with Gasteiger partial charge in [0.2, 0.25) is 5.89 Å². The molecule has 1 fully saturated rings. The fourth-order valence-electron chi connectivity index (χ4n) is 2.29. The van der Waals surface area contributed by atoms with E-state index in [0.717, 1.165) is 6.54 Å². The maximum atomic E-state index is 12.4. The summed E-state index contributed by atoms with van der Waals surface area (Å²) >= 11 is 0. The predicted molar refractivity (Wildman–Crippen MR) is 66.1 cm³/mol. The molecular weight excluding hydrogens is 273 g/mol. The van der Waals surface area contributed by atoms with Crippen molar-refractivity contribution in [3.63, 3.8) is 0 Å². The molecule has 1 aromatic rings. The Balaban J connectivity index is 1.83. The zero-order valence-corrected chi connectivity index (χ0v) is 11.5. The molecule has 0 amide bonds. The second-order valence-electron chi connectivity index (χ2n) is 4.98. The lowest BCUT2D eigenvalue weighted by Crippen LogP contribution is -2.37. The zero-order chi connectivity index (χ0) is 14.6. The molecule has 114 valence electrons. The highest BCUT2D eigenvalue weighted by atomic mass is 19.4. The zero-order valence-electron chi connectivity index (χ0n) is 11.5. The van der Waals surface area contributed by atoms with Crippen LogP contribution >= 0.6 is 0 Å². The number of nitrogens with zero attached hydrogens (tertiary/aromatic N) is 4. The van der Waals surface area contributed by atoms with Crippen LogP contribution in [0.5, 0.6) is 0 Å². The summed E-state index contributed by atoms with van der Waals surface area (Å²) < 4.78 is 42.1. The molecular formula is C12H19F3N4O. The van der Waals surface area contributed by atoms with E-state index in [9.17, 15) is 13.2 Å². The number of aryl methyl sites for hydroxylation is 1. The lowest BCUT2D eigenvalue weighted by Gasteiger charge is -2.21. The van der Waals surface area contributed by atoms with Crippen LogP contribution in [0, 0.1) is 0 Å². The van der Waals surface area contributed by atoms with E-state index in [0.29, 0.717) is 50.7 Å². The summed E-state index contributed by atoms with van der Waals surface area (Å²) in [6.45, 7) is 3.86. The standard InChI is InChI=1S/C12H19F3N4O/c1-2-11-16-10(17-20-11)8-18-4-3-5-19(7-6-18)9-12(13,14)15/h2-9H2,1H3. The molecule has 1 aliphatic rings. The highest BCUT2D eigenvalue weighted by Gasteiger charge is 2.31. The van der Waals surface area contributed by atoms with E-state index in [2.05, 4.69) is 15.0 Å². The SMILES string of the molecule is CCc1nc(CN2CCCN(CC(F)(F)F)CC2)no1. The predicted octanol–water partition coefficient (Wildman–Crippen LogP) is 1.70. The summed E-state index contributed by atoms with van der Waals surface area (Å²) in [6.07, 6.45) is -2.72. The van der Waals surface area contributed by atoms with Crippen LogP contribution in [0.25, 0.3) is 0 Å². The normalized spacial score (nSPS) is 19.2. The summed E-state index contributed by atoms with van der Waals surface area (Å²) in [7, 11) is 0. The van der Waals surface area contributed by atoms with Gasteiger partial charge in [-0.2, -0.15) is 18.2 Å². The minimum atomic E-state index is -4.13. The highest BCUT2D eigenvalue weighted by molar-refractivity contribution is 4.86. The number of alkyl halides is 3. The van der Waals surface area contributed by atoms with E-state index in [1.54, 1.807) is 0 Å². The number of aromatic nitrogens is 2. The maximum absolute atomic E-state index is 12.4. The third-order valence-corrected chi connectivity index (χ3v) is 3.26. The minimum absolute atomic E-state index is 0.415. The van der Waals surface area contributed by atoms with Crippen LogP contribution in [-0.4, -0.2) is 58.8 Å². The largest absolute Gasteiger partial charge is 0.401 e. The molecule has 1 saturated heterocycles. The Hall–Kier alpha value is -1.15. The molecule has 2 heterocycles. The molecule has 0 atom stereocenters. The van der Waals surface area contributed by atoms with E-state index < -0.39 is 12.7 Å². The van der Waals surface area contributed by atoms with Crippen molar-refractivity contribution in [2.75, 3.05) is 32.7 Å². The van der Waals surface area contributed by atoms with E-state index >= 15 is 0 Å². The summed E-state index contributed by atoms with van der Waals surface area (Å²) in [6, 6.07) is 0. The topological polar surface area (TPSA) is 45.4 Å². The van der Waals surface area contributed by atoms with E-state index in [-0.39, 0.29) is 0 Å². The second-order valence-corrected chi connectivity index (χ2v) is 4.98. The van der Waals surface area contributed by atoms with Crippen LogP contribution < -0.4 is 0 Å². The molecule has 20 heavy (non-hydrogen) atoms. The van der Waals surface area contributed by atoms with Gasteiger partial charge in [0.25, 0.3) is 0 Å². The summed E-state index contributed by atoms with van der Waals surface area (Å²) in [5.74, 6) is 1.19. The molecule has 8 heteroatoms. The molecule has 0 radical (unpaired) electrons. The number of hydrogen-bond acceptors (Lipinski definition) is 5. The van der Waals surface area contributed by atoms with Gasteiger partial charge in [-0.1, -0.05) is 12.1 Å². The highest BCUT2D eigenvalue weighted by Crippen LogP contribution is 2.17. The fourth-order valence-corrected chi connectivity index (χ4v) is 2.29. The Morgan fingerprint density at radius 1 is 1.15 bits per heavy atom. The average molecular weight is 292 g/mol. The third kappa shape index (κ3) is 4.75. The van der Waals surface area contributed by atoms with Crippen LogP contribution in [0.3, 0.4) is 0 Å². The van der Waals surface area contributed by atoms with Gasteiger partial charge in [-0.3, -0.25) is 9.80 Å². The molecule has 2 rings (SSSR count). The number of rotatable bonds is 4. The molecule has 0 unspecified atom stereocenters. The number of hydrogen-bond donors (Lipinski definition) is 0. The van der Waals surface area contributed by atoms with Crippen molar-refractivity contribution in [3.8, 4) is 0 Å². The Morgan fingerprint density at radius 2 is 1.85 bits per heavy atom. The van der Waals surface area contributed by atoms with Gasteiger partial charge in [0.15, 0.2) is 5.82 Å². The van der Waals surface area contributed by atoms with Gasteiger partial charge in [0.05, 0.1) is 13.1 Å². The van der Waals surface area contributed by atoms with Gasteiger partial charge < -0.3 is 4.52 Å². The first-order chi connectivity index (χ1) is 9.46. The van der Waals surface area contributed by atoms with Crippen molar-refractivity contribution in [2.45, 2.75) is 32.5 Å². The maximum Gasteiger partial charge on any atom is 0.401 e. The Morgan fingerprint density at radius 3 is 2.50 bits per heavy atom. The molecule has 1 aliphatic heterocycles. The van der Waals surface area contributed by atoms with Crippen LogP contribution in [0.4, 0.5) is 13.2 Å². The Bertz CT molecular complexity index is 421. The number of halogens is 3. The van der Waals surface area contributed by atoms with Crippen LogP contribution in [0.2, 0.25) is 0 Å². The molecule has 0 spiro atoms. The fraction of sp³-hybridized carbons (Fsp3) is 0.833. The van der Waals surface area contributed by atoms with Gasteiger partial charge >= 0.3 is 6.18 Å². The quantitative estimate of drug-likeness (QED) is 0.845. The summed E-state index contributed by atoms with van der Waals surface area (Å²) in [5.41, 5.74) is 0. The van der Waals surface area contributed by atoms with Crippen LogP contribution in [-0.2, 0) is 13.0 Å². The summed E-state index contributed by atoms with van der Waals surface area (Å²) in [5, 5.41) is 3.87. The smallest absolute Gasteiger partial charge is 0.339 e. The van der Waals surface area contributed by atoms with Gasteiger partial charge in [0, 0.05) is 19.5 Å². The molecule has 0 aromatic carbocycles. The molecule has 0 saturated carbocycles. The van der Waals surface area contributed by atoms with E-state index in [1.165, 1.54) is 4.90 Å². The van der Waals surface area contributed by atoms with Gasteiger partial charge in [-0.15, -0.1) is 0 Å². The molecule has 0 bridgehead atoms. The lowest BCUT2D eigenvalue weighted by molar-refractivity contribution is -0.145. The van der Waals surface area contributed by atoms with Crippen molar-refractivity contribution in [3.05, 3.63) is 11.7 Å². The first-order valence-corrected chi connectivity index (χ1v) is 6.79. The van der Waals surface area contributed by atoms with Crippen molar-refractivity contribution >= 4 is 0 Å². The summed E-state index contributed by atoms with van der Waals surface area (Å²) in [4.78, 5) is 7.74. The van der Waals surface area contributed by atoms with Gasteiger partial charge in [-0.25, -0.2) is 0 Å². The van der Waals surface area contributed by atoms with Crippen molar-refractivity contribution in [1.82, 2.24) is 19.9 Å². The van der Waals surface area contributed by atoms with Gasteiger partial charge in [-0.05, 0) is 19.5 Å². The first-order valence-electron chi connectivity index (χ1n) is 6.79. The first kappa shape index (κ1) is 15.2. The van der Waals surface area contributed by atoms with Crippen molar-refractivity contribution < 1.29 is 17.7 Å². The second kappa shape index (κ2) is 6.53. The van der Waals surface area contributed by atoms with Crippen LogP contribution in [0.1, 0.15) is 25.1 Å². The molecule has 5 nitrogen and oxygen atoms in total. The minimum Gasteiger partial charge on any atom is -0.339 e. The van der Waals surface area contributed by atoms with Crippen molar-refractivity contribution in [2.24, 2.45) is 0 Å². The Labute approximate surface area is 115 Å². The monoisotopic (exact) mass is 292 g/mol.